The van der Waals surface area contributed by atoms with E-state index in [1.807, 2.05) is 6.92 Å². The van der Waals surface area contributed by atoms with Crippen LogP contribution < -0.4 is 4.72 Å². The lowest BCUT2D eigenvalue weighted by Crippen LogP contribution is -2.14. The maximum absolute atomic E-state index is 13.3. The first-order valence-corrected chi connectivity index (χ1v) is 7.73. The van der Waals surface area contributed by atoms with E-state index in [1.165, 1.54) is 6.07 Å². The molecular formula is C14H13FN2O4S. The highest BCUT2D eigenvalue weighted by molar-refractivity contribution is 7.92. The van der Waals surface area contributed by atoms with Crippen LogP contribution in [0.25, 0.3) is 0 Å². The third kappa shape index (κ3) is 3.22. The van der Waals surface area contributed by atoms with Crippen LogP contribution in [0.5, 0.6) is 0 Å². The van der Waals surface area contributed by atoms with Crippen molar-refractivity contribution in [3.63, 3.8) is 0 Å². The molecule has 0 aliphatic carbocycles. The maximum Gasteiger partial charge on any atom is 0.306 e. The Morgan fingerprint density at radius 2 is 1.82 bits per heavy atom. The van der Waals surface area contributed by atoms with Crippen LogP contribution in [0, 0.1) is 29.8 Å². The van der Waals surface area contributed by atoms with E-state index in [1.54, 1.807) is 19.1 Å². The fourth-order valence-corrected chi connectivity index (χ4v) is 3.30. The summed E-state index contributed by atoms with van der Waals surface area (Å²) in [5.41, 5.74) is 0.590. The fourth-order valence-electron chi connectivity index (χ4n) is 2.03. The quantitative estimate of drug-likeness (QED) is 0.691. The van der Waals surface area contributed by atoms with Crippen LogP contribution in [-0.4, -0.2) is 13.3 Å². The second kappa shape index (κ2) is 5.72. The van der Waals surface area contributed by atoms with Gasteiger partial charge in [0.1, 0.15) is 0 Å². The van der Waals surface area contributed by atoms with Gasteiger partial charge in [0.05, 0.1) is 15.5 Å². The number of nitrogens with one attached hydrogen (secondary N) is 1. The second-order valence-electron chi connectivity index (χ2n) is 4.80. The van der Waals surface area contributed by atoms with Gasteiger partial charge in [0.2, 0.25) is 5.82 Å². The van der Waals surface area contributed by atoms with Crippen molar-refractivity contribution in [3.8, 4) is 0 Å². The molecule has 1 N–H and O–H groups in total. The molecule has 0 aliphatic heterocycles. The second-order valence-corrected chi connectivity index (χ2v) is 6.45. The van der Waals surface area contributed by atoms with Crippen LogP contribution in [0.15, 0.2) is 41.3 Å². The number of aryl methyl sites for hydroxylation is 2. The van der Waals surface area contributed by atoms with Gasteiger partial charge in [-0.15, -0.1) is 0 Å². The van der Waals surface area contributed by atoms with Crippen LogP contribution in [0.3, 0.4) is 0 Å². The van der Waals surface area contributed by atoms with Crippen LogP contribution in [0.2, 0.25) is 0 Å². The third-order valence-electron chi connectivity index (χ3n) is 3.01. The number of hydrogen-bond acceptors (Lipinski definition) is 4. The number of hydrogen-bond donors (Lipinski definition) is 1. The lowest BCUT2D eigenvalue weighted by atomic mass is 10.2. The predicted octanol–water partition coefficient (Wildman–Crippen LogP) is 3.15. The summed E-state index contributed by atoms with van der Waals surface area (Å²) in [7, 11) is -3.91. The summed E-state index contributed by atoms with van der Waals surface area (Å²) in [5, 5.41) is 10.7. The van der Waals surface area contributed by atoms with E-state index < -0.39 is 26.5 Å². The summed E-state index contributed by atoms with van der Waals surface area (Å²) in [4.78, 5) is 9.84. The van der Waals surface area contributed by atoms with Crippen molar-refractivity contribution in [2.75, 3.05) is 4.72 Å². The Kier molecular flexibility index (Phi) is 4.14. The van der Waals surface area contributed by atoms with Gasteiger partial charge in [-0.05, 0) is 37.6 Å². The maximum atomic E-state index is 13.3. The van der Waals surface area contributed by atoms with Crippen molar-refractivity contribution in [2.45, 2.75) is 18.7 Å². The molecule has 0 fully saturated rings. The normalized spacial score (nSPS) is 11.2. The number of nitro groups is 1. The van der Waals surface area contributed by atoms with Gasteiger partial charge in [-0.3, -0.25) is 14.8 Å². The summed E-state index contributed by atoms with van der Waals surface area (Å²) in [6.07, 6.45) is 0. The van der Waals surface area contributed by atoms with Crippen molar-refractivity contribution in [1.82, 2.24) is 0 Å². The SMILES string of the molecule is Cc1ccc(S(=O)(=O)Nc2ccc(F)c([N+](=O)[O-])c2)c(C)c1. The first-order valence-electron chi connectivity index (χ1n) is 6.25. The average Bonchev–Trinajstić information content (AvgIpc) is 2.39. The predicted molar refractivity (Wildman–Crippen MR) is 79.8 cm³/mol. The Labute approximate surface area is 126 Å². The Balaban J connectivity index is 2.41. The number of nitrogens with zero attached hydrogens (tertiary/aromatic N) is 1. The summed E-state index contributed by atoms with van der Waals surface area (Å²) >= 11 is 0. The zero-order valence-corrected chi connectivity index (χ0v) is 12.6. The van der Waals surface area contributed by atoms with E-state index in [-0.39, 0.29) is 10.6 Å². The van der Waals surface area contributed by atoms with Gasteiger partial charge < -0.3 is 0 Å². The van der Waals surface area contributed by atoms with Gasteiger partial charge in [-0.2, -0.15) is 4.39 Å². The molecule has 6 nitrogen and oxygen atoms in total. The smallest absolute Gasteiger partial charge is 0.279 e. The average molecular weight is 324 g/mol. The van der Waals surface area contributed by atoms with Crippen molar-refractivity contribution < 1.29 is 17.7 Å². The molecule has 0 heterocycles. The molecule has 0 spiro atoms. The highest BCUT2D eigenvalue weighted by Crippen LogP contribution is 2.25. The van der Waals surface area contributed by atoms with Crippen LogP contribution in [0.4, 0.5) is 15.8 Å². The molecule has 116 valence electrons. The molecule has 0 saturated carbocycles. The van der Waals surface area contributed by atoms with E-state index in [2.05, 4.69) is 4.72 Å². The van der Waals surface area contributed by atoms with E-state index in [0.29, 0.717) is 5.56 Å². The lowest BCUT2D eigenvalue weighted by molar-refractivity contribution is -0.387. The number of nitro benzene ring substituents is 1. The summed E-state index contributed by atoms with van der Waals surface area (Å²) in [5.74, 6) is -1.03. The molecule has 0 aromatic heterocycles. The molecule has 0 bridgehead atoms. The molecule has 0 unspecified atom stereocenters. The van der Waals surface area contributed by atoms with E-state index in [9.17, 15) is 22.9 Å². The molecule has 8 heteroatoms. The zero-order valence-electron chi connectivity index (χ0n) is 11.8. The number of sulfonamides is 1. The Hall–Kier alpha value is -2.48. The third-order valence-corrected chi connectivity index (χ3v) is 4.56. The number of halogens is 1. The van der Waals surface area contributed by atoms with Gasteiger partial charge >= 0.3 is 5.69 Å². The van der Waals surface area contributed by atoms with Crippen LogP contribution in [0.1, 0.15) is 11.1 Å². The number of benzene rings is 2. The monoisotopic (exact) mass is 324 g/mol. The minimum atomic E-state index is -3.91. The number of rotatable bonds is 4. The van der Waals surface area contributed by atoms with Gasteiger partial charge in [-0.25, -0.2) is 8.42 Å². The van der Waals surface area contributed by atoms with Gasteiger partial charge in [0.15, 0.2) is 0 Å². The minimum Gasteiger partial charge on any atom is -0.279 e. The van der Waals surface area contributed by atoms with Crippen molar-refractivity contribution in [2.24, 2.45) is 0 Å². The topological polar surface area (TPSA) is 89.3 Å². The molecule has 0 atom stereocenters. The first-order chi connectivity index (χ1) is 10.2. The summed E-state index contributed by atoms with van der Waals surface area (Å²) in [6.45, 7) is 3.48. The molecule has 22 heavy (non-hydrogen) atoms. The molecular weight excluding hydrogens is 311 g/mol. The Morgan fingerprint density at radius 1 is 1.14 bits per heavy atom. The molecule has 2 aromatic rings. The lowest BCUT2D eigenvalue weighted by Gasteiger charge is -2.11. The molecule has 0 radical (unpaired) electrons. The fraction of sp³-hybridized carbons (Fsp3) is 0.143. The van der Waals surface area contributed by atoms with E-state index in [4.69, 9.17) is 0 Å². The number of anilines is 1. The molecule has 0 saturated heterocycles. The van der Waals surface area contributed by atoms with Crippen LogP contribution >= 0.6 is 0 Å². The molecule has 2 aromatic carbocycles. The van der Waals surface area contributed by atoms with Gasteiger partial charge in [0.25, 0.3) is 10.0 Å². The minimum absolute atomic E-state index is 0.0603. The highest BCUT2D eigenvalue weighted by atomic mass is 32.2. The molecule has 0 aliphatic rings. The summed E-state index contributed by atoms with van der Waals surface area (Å²) < 4.78 is 40.1. The largest absolute Gasteiger partial charge is 0.306 e. The van der Waals surface area contributed by atoms with Gasteiger partial charge in [0, 0.05) is 6.07 Å². The zero-order chi connectivity index (χ0) is 16.5. The van der Waals surface area contributed by atoms with E-state index in [0.717, 1.165) is 23.8 Å². The van der Waals surface area contributed by atoms with Crippen LogP contribution in [-0.2, 0) is 10.0 Å². The first kappa shape index (κ1) is 15.9. The van der Waals surface area contributed by atoms with Crippen molar-refractivity contribution in [3.05, 3.63) is 63.5 Å². The van der Waals surface area contributed by atoms with Gasteiger partial charge in [-0.1, -0.05) is 17.7 Å². The Bertz CT molecular complexity index is 850. The molecule has 0 amide bonds. The molecule has 2 rings (SSSR count). The van der Waals surface area contributed by atoms with Crippen molar-refractivity contribution in [1.29, 1.82) is 0 Å². The summed E-state index contributed by atoms with van der Waals surface area (Å²) in [6, 6.07) is 7.62. The highest BCUT2D eigenvalue weighted by Gasteiger charge is 2.20. The van der Waals surface area contributed by atoms with Crippen molar-refractivity contribution >= 4 is 21.4 Å². The Morgan fingerprint density at radius 3 is 2.41 bits per heavy atom. The van der Waals surface area contributed by atoms with E-state index >= 15 is 0 Å². The standard InChI is InChI=1S/C14H13FN2O4S/c1-9-3-6-14(10(2)7-9)22(20,21)16-11-4-5-12(15)13(8-11)17(18)19/h3-8,16H,1-2H3.